The van der Waals surface area contributed by atoms with E-state index in [2.05, 4.69) is 0 Å². The van der Waals surface area contributed by atoms with Crippen LogP contribution in [0.15, 0.2) is 42.5 Å². The van der Waals surface area contributed by atoms with Gasteiger partial charge in [-0.3, -0.25) is 4.31 Å². The first-order valence-corrected chi connectivity index (χ1v) is 11.5. The highest BCUT2D eigenvalue weighted by Gasteiger charge is 2.49. The second-order valence-corrected chi connectivity index (χ2v) is 9.77. The van der Waals surface area contributed by atoms with E-state index in [1.807, 2.05) is 30.3 Å². The SMILES string of the molecule is CS(=O)(=O)N1CC2(CCN(C(=O)OCc3ccccc3)CC2)c2cc(F)cc(F)c21. The zero-order chi connectivity index (χ0) is 21.5. The number of hydrogen-bond acceptors (Lipinski definition) is 4. The molecule has 0 unspecified atom stereocenters. The van der Waals surface area contributed by atoms with Gasteiger partial charge in [-0.05, 0) is 30.0 Å². The fraction of sp³-hybridized carbons (Fsp3) is 0.381. The number of halogens is 2. The Balaban J connectivity index is 1.51. The van der Waals surface area contributed by atoms with E-state index in [9.17, 15) is 22.0 Å². The molecule has 0 bridgehead atoms. The van der Waals surface area contributed by atoms with Crippen molar-refractivity contribution < 1.29 is 26.7 Å². The molecule has 6 nitrogen and oxygen atoms in total. The Labute approximate surface area is 174 Å². The highest BCUT2D eigenvalue weighted by molar-refractivity contribution is 7.92. The first kappa shape index (κ1) is 20.6. The molecule has 4 rings (SSSR count). The molecule has 2 aliphatic heterocycles. The molecule has 2 aromatic carbocycles. The number of likely N-dealkylation sites (tertiary alicyclic amines) is 1. The van der Waals surface area contributed by atoms with E-state index in [1.54, 1.807) is 4.90 Å². The number of rotatable bonds is 3. The molecule has 9 heteroatoms. The lowest BCUT2D eigenvalue weighted by atomic mass is 9.74. The van der Waals surface area contributed by atoms with Crippen LogP contribution < -0.4 is 4.31 Å². The van der Waals surface area contributed by atoms with Crippen LogP contribution in [0.2, 0.25) is 0 Å². The molecule has 1 saturated heterocycles. The van der Waals surface area contributed by atoms with Gasteiger partial charge >= 0.3 is 6.09 Å². The Kier molecular flexibility index (Phi) is 5.17. The normalized spacial score (nSPS) is 17.8. The van der Waals surface area contributed by atoms with Gasteiger partial charge in [0, 0.05) is 31.1 Å². The summed E-state index contributed by atoms with van der Waals surface area (Å²) in [4.78, 5) is 14.0. The second-order valence-electron chi connectivity index (χ2n) is 7.86. The van der Waals surface area contributed by atoms with Crippen molar-refractivity contribution in [3.05, 3.63) is 65.2 Å². The van der Waals surface area contributed by atoms with Crippen molar-refractivity contribution >= 4 is 21.8 Å². The summed E-state index contributed by atoms with van der Waals surface area (Å²) < 4.78 is 59.3. The average molecular weight is 436 g/mol. The lowest BCUT2D eigenvalue weighted by Crippen LogP contribution is -2.47. The summed E-state index contributed by atoms with van der Waals surface area (Å²) in [6.07, 6.45) is 1.32. The Morgan fingerprint density at radius 3 is 2.43 bits per heavy atom. The molecule has 0 saturated carbocycles. The second kappa shape index (κ2) is 7.54. The molecule has 0 N–H and O–H groups in total. The van der Waals surface area contributed by atoms with Crippen LogP contribution in [0.3, 0.4) is 0 Å². The minimum atomic E-state index is -3.73. The maximum Gasteiger partial charge on any atom is 0.410 e. The predicted molar refractivity (Wildman–Crippen MR) is 108 cm³/mol. The first-order chi connectivity index (χ1) is 14.2. The third-order valence-electron chi connectivity index (χ3n) is 5.88. The summed E-state index contributed by atoms with van der Waals surface area (Å²) in [6.45, 7) is 0.808. The van der Waals surface area contributed by atoms with Gasteiger partial charge in [0.1, 0.15) is 12.4 Å². The average Bonchev–Trinajstić information content (AvgIpc) is 3.02. The van der Waals surface area contributed by atoms with Gasteiger partial charge in [0.25, 0.3) is 0 Å². The molecule has 1 amide bonds. The van der Waals surface area contributed by atoms with Crippen molar-refractivity contribution in [1.82, 2.24) is 4.90 Å². The van der Waals surface area contributed by atoms with Crippen LogP contribution in [0.5, 0.6) is 0 Å². The molecule has 0 aromatic heterocycles. The van der Waals surface area contributed by atoms with Crippen LogP contribution in [-0.4, -0.2) is 45.3 Å². The van der Waals surface area contributed by atoms with Gasteiger partial charge in [-0.2, -0.15) is 0 Å². The summed E-state index contributed by atoms with van der Waals surface area (Å²) in [7, 11) is -3.73. The Morgan fingerprint density at radius 2 is 1.80 bits per heavy atom. The standard InChI is InChI=1S/C21H22F2N2O4S/c1-30(27,28)25-14-21(17-11-16(22)12-18(23)19(17)25)7-9-24(10-8-21)20(26)29-13-15-5-3-2-4-6-15/h2-6,11-12H,7-10,13-14H2,1H3. The Hall–Kier alpha value is -2.68. The minimum absolute atomic E-state index is 0.0362. The molecular weight excluding hydrogens is 414 g/mol. The van der Waals surface area contributed by atoms with E-state index >= 15 is 0 Å². The predicted octanol–water partition coefficient (Wildman–Crippen LogP) is 3.41. The van der Waals surface area contributed by atoms with Crippen molar-refractivity contribution in [2.75, 3.05) is 30.2 Å². The smallest absolute Gasteiger partial charge is 0.410 e. The van der Waals surface area contributed by atoms with Gasteiger partial charge in [-0.1, -0.05) is 30.3 Å². The van der Waals surface area contributed by atoms with Crippen molar-refractivity contribution in [1.29, 1.82) is 0 Å². The largest absolute Gasteiger partial charge is 0.445 e. The minimum Gasteiger partial charge on any atom is -0.445 e. The highest BCUT2D eigenvalue weighted by atomic mass is 32.2. The van der Waals surface area contributed by atoms with E-state index in [4.69, 9.17) is 4.74 Å². The Morgan fingerprint density at radius 1 is 1.13 bits per heavy atom. The monoisotopic (exact) mass is 436 g/mol. The zero-order valence-electron chi connectivity index (χ0n) is 16.5. The maximum absolute atomic E-state index is 14.5. The van der Waals surface area contributed by atoms with Gasteiger partial charge < -0.3 is 9.64 Å². The van der Waals surface area contributed by atoms with Crippen LogP contribution in [0.4, 0.5) is 19.3 Å². The molecular formula is C21H22F2N2O4S. The molecule has 0 atom stereocenters. The third-order valence-corrected chi connectivity index (χ3v) is 6.99. The van der Waals surface area contributed by atoms with Crippen molar-refractivity contribution in [3.63, 3.8) is 0 Å². The summed E-state index contributed by atoms with van der Waals surface area (Å²) in [5.41, 5.74) is 0.401. The fourth-order valence-corrected chi connectivity index (χ4v) is 5.30. The fourth-order valence-electron chi connectivity index (χ4n) is 4.30. The van der Waals surface area contributed by atoms with Crippen LogP contribution in [0, 0.1) is 11.6 Å². The number of ether oxygens (including phenoxy) is 1. The number of amides is 1. The lowest BCUT2D eigenvalue weighted by Gasteiger charge is -2.39. The van der Waals surface area contributed by atoms with Gasteiger partial charge in [0.2, 0.25) is 10.0 Å². The summed E-state index contributed by atoms with van der Waals surface area (Å²) in [6, 6.07) is 11.2. The van der Waals surface area contributed by atoms with E-state index in [0.717, 1.165) is 16.1 Å². The van der Waals surface area contributed by atoms with Gasteiger partial charge in [0.15, 0.2) is 5.82 Å². The van der Waals surface area contributed by atoms with E-state index in [-0.39, 0.29) is 18.8 Å². The van der Waals surface area contributed by atoms with Gasteiger partial charge in [0.05, 0.1) is 11.9 Å². The number of sulfonamides is 1. The van der Waals surface area contributed by atoms with Crippen LogP contribution in [0.1, 0.15) is 24.0 Å². The number of anilines is 1. The topological polar surface area (TPSA) is 66.9 Å². The van der Waals surface area contributed by atoms with E-state index in [0.29, 0.717) is 37.6 Å². The number of carbonyl (C=O) groups is 1. The third kappa shape index (κ3) is 3.74. The van der Waals surface area contributed by atoms with E-state index in [1.165, 1.54) is 6.07 Å². The lowest BCUT2D eigenvalue weighted by molar-refractivity contribution is 0.0791. The zero-order valence-corrected chi connectivity index (χ0v) is 17.3. The molecule has 1 spiro atoms. The molecule has 30 heavy (non-hydrogen) atoms. The number of nitrogens with zero attached hydrogens (tertiary/aromatic N) is 2. The first-order valence-electron chi connectivity index (χ1n) is 9.62. The molecule has 160 valence electrons. The number of carbonyl (C=O) groups excluding carboxylic acids is 1. The van der Waals surface area contributed by atoms with Gasteiger partial charge in [-0.15, -0.1) is 0 Å². The molecule has 2 aliphatic rings. The van der Waals surface area contributed by atoms with Gasteiger partial charge in [-0.25, -0.2) is 22.0 Å². The van der Waals surface area contributed by atoms with Crippen LogP contribution in [0.25, 0.3) is 0 Å². The molecule has 0 radical (unpaired) electrons. The summed E-state index contributed by atoms with van der Waals surface area (Å²) in [5.74, 6) is -1.64. The van der Waals surface area contributed by atoms with E-state index < -0.39 is 33.2 Å². The van der Waals surface area contributed by atoms with Crippen LogP contribution in [-0.2, 0) is 26.8 Å². The number of piperidine rings is 1. The number of benzene rings is 2. The molecule has 2 aromatic rings. The maximum atomic E-state index is 14.5. The number of fused-ring (bicyclic) bond motifs is 2. The number of hydrogen-bond donors (Lipinski definition) is 0. The van der Waals surface area contributed by atoms with Crippen molar-refractivity contribution in [3.8, 4) is 0 Å². The summed E-state index contributed by atoms with van der Waals surface area (Å²) in [5, 5.41) is 0. The Bertz CT molecular complexity index is 1070. The highest BCUT2D eigenvalue weighted by Crippen LogP contribution is 2.49. The van der Waals surface area contributed by atoms with Crippen molar-refractivity contribution in [2.45, 2.75) is 24.9 Å². The molecule has 0 aliphatic carbocycles. The molecule has 1 fully saturated rings. The van der Waals surface area contributed by atoms with Crippen molar-refractivity contribution in [2.24, 2.45) is 0 Å². The summed E-state index contributed by atoms with van der Waals surface area (Å²) >= 11 is 0. The van der Waals surface area contributed by atoms with Crippen LogP contribution >= 0.6 is 0 Å². The quantitative estimate of drug-likeness (QED) is 0.740. The molecule has 2 heterocycles.